The summed E-state index contributed by atoms with van der Waals surface area (Å²) in [6.45, 7) is 7.91. The summed E-state index contributed by atoms with van der Waals surface area (Å²) >= 11 is 3.46. The fraction of sp³-hybridized carbons (Fsp3) is 0.381. The van der Waals surface area contributed by atoms with Crippen LogP contribution < -0.4 is 10.1 Å². The molecule has 0 spiro atoms. The van der Waals surface area contributed by atoms with Crippen LogP contribution >= 0.6 is 15.9 Å². The van der Waals surface area contributed by atoms with E-state index in [4.69, 9.17) is 4.74 Å². The highest BCUT2D eigenvalue weighted by molar-refractivity contribution is 9.10. The zero-order valence-corrected chi connectivity index (χ0v) is 19.6. The van der Waals surface area contributed by atoms with Crippen molar-refractivity contribution in [3.63, 3.8) is 0 Å². The smallest absolute Gasteiger partial charge is 0.243 e. The molecule has 2 rings (SSSR count). The van der Waals surface area contributed by atoms with Gasteiger partial charge in [0, 0.05) is 16.7 Å². The highest BCUT2D eigenvalue weighted by Gasteiger charge is 2.25. The minimum atomic E-state index is -3.79. The number of nitrogens with zero attached hydrogens (tertiary/aromatic N) is 1. The van der Waals surface area contributed by atoms with Gasteiger partial charge >= 0.3 is 0 Å². The van der Waals surface area contributed by atoms with Crippen molar-refractivity contribution >= 4 is 37.5 Å². The number of anilines is 1. The average molecular weight is 483 g/mol. The van der Waals surface area contributed by atoms with Gasteiger partial charge in [-0.1, -0.05) is 29.8 Å². The SMILES string of the molecule is CCOc1ccc(S(=O)(=O)N(CC)CC(=O)Nc2c(C)cc(Br)cc2CC)cc1. The van der Waals surface area contributed by atoms with Crippen LogP contribution in [0.2, 0.25) is 0 Å². The summed E-state index contributed by atoms with van der Waals surface area (Å²) in [5.74, 6) is 0.228. The first-order chi connectivity index (χ1) is 13.7. The minimum absolute atomic E-state index is 0.129. The summed E-state index contributed by atoms with van der Waals surface area (Å²) in [7, 11) is -3.79. The van der Waals surface area contributed by atoms with Gasteiger partial charge in [0.2, 0.25) is 15.9 Å². The Bertz CT molecular complexity index is 959. The average Bonchev–Trinajstić information content (AvgIpc) is 2.68. The van der Waals surface area contributed by atoms with Gasteiger partial charge in [-0.2, -0.15) is 4.31 Å². The molecule has 158 valence electrons. The van der Waals surface area contributed by atoms with Crippen molar-refractivity contribution in [2.24, 2.45) is 0 Å². The molecule has 29 heavy (non-hydrogen) atoms. The van der Waals surface area contributed by atoms with Gasteiger partial charge in [0.25, 0.3) is 0 Å². The van der Waals surface area contributed by atoms with Gasteiger partial charge in [0.15, 0.2) is 0 Å². The van der Waals surface area contributed by atoms with Gasteiger partial charge < -0.3 is 10.1 Å². The molecule has 0 saturated carbocycles. The van der Waals surface area contributed by atoms with Crippen molar-refractivity contribution in [2.45, 2.75) is 39.0 Å². The number of halogens is 1. The van der Waals surface area contributed by atoms with E-state index in [0.717, 1.165) is 32.0 Å². The topological polar surface area (TPSA) is 75.7 Å². The molecular formula is C21H27BrN2O4S. The summed E-state index contributed by atoms with van der Waals surface area (Å²) in [5.41, 5.74) is 2.64. The number of carbonyl (C=O) groups is 1. The molecule has 0 heterocycles. The molecule has 0 radical (unpaired) electrons. The van der Waals surface area contributed by atoms with Gasteiger partial charge in [0.1, 0.15) is 5.75 Å². The number of benzene rings is 2. The highest BCUT2D eigenvalue weighted by Crippen LogP contribution is 2.26. The molecule has 0 bridgehead atoms. The molecule has 0 aromatic heterocycles. The Kier molecular flexibility index (Phi) is 8.24. The van der Waals surface area contributed by atoms with Crippen molar-refractivity contribution in [1.82, 2.24) is 4.31 Å². The molecule has 0 atom stereocenters. The standard InChI is InChI=1S/C21H27BrN2O4S/c1-5-16-13-17(22)12-15(4)21(16)23-20(25)14-24(6-2)29(26,27)19-10-8-18(9-11-19)28-7-3/h8-13H,5-7,14H2,1-4H3,(H,23,25). The van der Waals surface area contributed by atoms with E-state index < -0.39 is 10.0 Å². The number of likely N-dealkylation sites (N-methyl/N-ethyl adjacent to an activating group) is 1. The fourth-order valence-electron chi connectivity index (χ4n) is 3.00. The Morgan fingerprint density at radius 2 is 1.79 bits per heavy atom. The van der Waals surface area contributed by atoms with Gasteiger partial charge in [0.05, 0.1) is 18.0 Å². The summed E-state index contributed by atoms with van der Waals surface area (Å²) in [6, 6.07) is 10.1. The number of amides is 1. The Hall–Kier alpha value is -1.90. The van der Waals surface area contributed by atoms with Crippen LogP contribution in [0.1, 0.15) is 31.9 Å². The number of rotatable bonds is 9. The zero-order chi connectivity index (χ0) is 21.6. The van der Waals surface area contributed by atoms with Crippen molar-refractivity contribution in [3.8, 4) is 5.75 Å². The summed E-state index contributed by atoms with van der Waals surface area (Å²) in [4.78, 5) is 12.8. The second-order valence-electron chi connectivity index (χ2n) is 6.49. The van der Waals surface area contributed by atoms with Crippen molar-refractivity contribution in [3.05, 3.63) is 52.0 Å². The predicted molar refractivity (Wildman–Crippen MR) is 119 cm³/mol. The van der Waals surface area contributed by atoms with Crippen LogP contribution in [0.4, 0.5) is 5.69 Å². The quantitative estimate of drug-likeness (QED) is 0.575. The molecule has 0 saturated heterocycles. The Balaban J connectivity index is 2.19. The Morgan fingerprint density at radius 1 is 1.14 bits per heavy atom. The lowest BCUT2D eigenvalue weighted by atomic mass is 10.1. The van der Waals surface area contributed by atoms with Gasteiger partial charge in [-0.25, -0.2) is 8.42 Å². The molecule has 8 heteroatoms. The molecule has 1 N–H and O–H groups in total. The molecule has 0 fully saturated rings. The third-order valence-electron chi connectivity index (χ3n) is 4.47. The zero-order valence-electron chi connectivity index (χ0n) is 17.2. The first-order valence-corrected chi connectivity index (χ1v) is 11.8. The van der Waals surface area contributed by atoms with Crippen molar-refractivity contribution < 1.29 is 17.9 Å². The summed E-state index contributed by atoms with van der Waals surface area (Å²) < 4.78 is 33.4. The number of aryl methyl sites for hydroxylation is 2. The number of nitrogens with one attached hydrogen (secondary N) is 1. The Morgan fingerprint density at radius 3 is 2.34 bits per heavy atom. The third-order valence-corrected chi connectivity index (χ3v) is 6.87. The molecule has 0 unspecified atom stereocenters. The second-order valence-corrected chi connectivity index (χ2v) is 9.35. The molecule has 6 nitrogen and oxygen atoms in total. The number of carbonyl (C=O) groups excluding carboxylic acids is 1. The molecular weight excluding hydrogens is 456 g/mol. The lowest BCUT2D eigenvalue weighted by Gasteiger charge is -2.21. The van der Waals surface area contributed by atoms with Gasteiger partial charge in [-0.15, -0.1) is 0 Å². The number of hydrogen-bond acceptors (Lipinski definition) is 4. The maximum absolute atomic E-state index is 13.0. The number of ether oxygens (including phenoxy) is 1. The van der Waals surface area contributed by atoms with Crippen LogP contribution in [-0.4, -0.2) is 38.3 Å². The minimum Gasteiger partial charge on any atom is -0.494 e. The van der Waals surface area contributed by atoms with Crippen LogP contribution in [0.15, 0.2) is 45.8 Å². The van der Waals surface area contributed by atoms with Crippen LogP contribution in [0, 0.1) is 6.92 Å². The van der Waals surface area contributed by atoms with E-state index in [9.17, 15) is 13.2 Å². The fourth-order valence-corrected chi connectivity index (χ4v) is 5.02. The van der Waals surface area contributed by atoms with Crippen LogP contribution in [0.3, 0.4) is 0 Å². The normalized spacial score (nSPS) is 11.5. The molecule has 0 aliphatic rings. The highest BCUT2D eigenvalue weighted by atomic mass is 79.9. The van der Waals surface area contributed by atoms with E-state index in [0.29, 0.717) is 12.4 Å². The molecule has 1 amide bonds. The molecule has 2 aromatic carbocycles. The second kappa shape index (κ2) is 10.2. The third kappa shape index (κ3) is 5.81. The first-order valence-electron chi connectivity index (χ1n) is 9.54. The molecule has 0 aliphatic carbocycles. The largest absolute Gasteiger partial charge is 0.494 e. The van der Waals surface area contributed by atoms with Crippen molar-refractivity contribution in [2.75, 3.05) is 25.0 Å². The van der Waals surface area contributed by atoms with Gasteiger partial charge in [-0.05, 0) is 67.8 Å². The maximum atomic E-state index is 13.0. The molecule has 0 aliphatic heterocycles. The lowest BCUT2D eigenvalue weighted by Crippen LogP contribution is -2.38. The summed E-state index contributed by atoms with van der Waals surface area (Å²) in [5, 5.41) is 2.89. The van der Waals surface area contributed by atoms with Gasteiger partial charge in [-0.3, -0.25) is 4.79 Å². The Labute approximate surface area is 181 Å². The van der Waals surface area contributed by atoms with E-state index in [1.807, 2.05) is 32.9 Å². The van der Waals surface area contributed by atoms with Crippen molar-refractivity contribution in [1.29, 1.82) is 0 Å². The van der Waals surface area contributed by atoms with Crippen LogP contribution in [-0.2, 0) is 21.2 Å². The summed E-state index contributed by atoms with van der Waals surface area (Å²) in [6.07, 6.45) is 0.748. The number of hydrogen-bond donors (Lipinski definition) is 1. The van der Waals surface area contributed by atoms with Crippen LogP contribution in [0.25, 0.3) is 0 Å². The van der Waals surface area contributed by atoms with E-state index in [2.05, 4.69) is 21.2 Å². The first kappa shape index (κ1) is 23.4. The maximum Gasteiger partial charge on any atom is 0.243 e. The lowest BCUT2D eigenvalue weighted by molar-refractivity contribution is -0.116. The van der Waals surface area contributed by atoms with E-state index in [1.165, 1.54) is 12.1 Å². The molecule has 2 aromatic rings. The van der Waals surface area contributed by atoms with Crippen LogP contribution in [0.5, 0.6) is 5.75 Å². The van der Waals surface area contributed by atoms with E-state index in [-0.39, 0.29) is 23.9 Å². The van der Waals surface area contributed by atoms with E-state index >= 15 is 0 Å². The predicted octanol–water partition coefficient (Wildman–Crippen LogP) is 4.37. The van der Waals surface area contributed by atoms with E-state index in [1.54, 1.807) is 19.1 Å². The number of sulfonamides is 1. The monoisotopic (exact) mass is 482 g/mol.